The number of anilines is 1. The maximum atomic E-state index is 11.9. The highest BCUT2D eigenvalue weighted by Crippen LogP contribution is 2.11. The van der Waals surface area contributed by atoms with Crippen molar-refractivity contribution in [2.45, 2.75) is 13.8 Å². The molecule has 0 spiro atoms. The van der Waals surface area contributed by atoms with Crippen LogP contribution in [0.3, 0.4) is 0 Å². The molecule has 27 heavy (non-hydrogen) atoms. The van der Waals surface area contributed by atoms with E-state index >= 15 is 0 Å². The van der Waals surface area contributed by atoms with E-state index in [2.05, 4.69) is 10.6 Å². The van der Waals surface area contributed by atoms with Crippen molar-refractivity contribution in [3.8, 4) is 0 Å². The Balaban J connectivity index is 1.85. The molecule has 0 saturated heterocycles. The van der Waals surface area contributed by atoms with Crippen molar-refractivity contribution in [3.05, 3.63) is 71.3 Å². The van der Waals surface area contributed by atoms with Gasteiger partial charge in [0.25, 0.3) is 11.8 Å². The van der Waals surface area contributed by atoms with Crippen molar-refractivity contribution in [1.29, 1.82) is 0 Å². The molecule has 140 valence electrons. The summed E-state index contributed by atoms with van der Waals surface area (Å²) in [5.41, 5.74) is 2.83. The van der Waals surface area contributed by atoms with E-state index in [1.165, 1.54) is 6.08 Å². The van der Waals surface area contributed by atoms with Gasteiger partial charge in [0.2, 0.25) is 0 Å². The van der Waals surface area contributed by atoms with E-state index in [-0.39, 0.29) is 5.91 Å². The fraction of sp³-hybridized carbons (Fsp3) is 0.190. The minimum atomic E-state index is -0.607. The molecule has 0 bridgehead atoms. The van der Waals surface area contributed by atoms with Crippen LogP contribution in [0.4, 0.5) is 5.69 Å². The van der Waals surface area contributed by atoms with Crippen LogP contribution in [0.5, 0.6) is 0 Å². The summed E-state index contributed by atoms with van der Waals surface area (Å²) in [5, 5.41) is 5.28. The Bertz CT molecular complexity index is 859. The summed E-state index contributed by atoms with van der Waals surface area (Å²) >= 11 is 0. The average Bonchev–Trinajstić information content (AvgIpc) is 2.66. The Morgan fingerprint density at radius 1 is 1.07 bits per heavy atom. The number of benzene rings is 2. The van der Waals surface area contributed by atoms with Gasteiger partial charge in [-0.3, -0.25) is 9.59 Å². The van der Waals surface area contributed by atoms with Crippen LogP contribution >= 0.6 is 0 Å². The zero-order valence-corrected chi connectivity index (χ0v) is 15.3. The van der Waals surface area contributed by atoms with E-state index in [4.69, 9.17) is 4.74 Å². The molecule has 0 heterocycles. The van der Waals surface area contributed by atoms with Gasteiger partial charge in [0, 0.05) is 23.9 Å². The van der Waals surface area contributed by atoms with Gasteiger partial charge in [-0.2, -0.15) is 0 Å². The molecule has 6 nitrogen and oxygen atoms in total. The lowest BCUT2D eigenvalue weighted by molar-refractivity contribution is -0.142. The number of amides is 2. The molecule has 2 amide bonds. The first-order valence-corrected chi connectivity index (χ1v) is 8.58. The smallest absolute Gasteiger partial charge is 0.331 e. The van der Waals surface area contributed by atoms with E-state index in [9.17, 15) is 14.4 Å². The predicted molar refractivity (Wildman–Crippen MR) is 104 cm³/mol. The molecule has 0 aromatic heterocycles. The molecule has 0 aliphatic carbocycles. The third-order valence-corrected chi connectivity index (χ3v) is 3.68. The highest BCUT2D eigenvalue weighted by atomic mass is 16.5. The molecule has 0 atom stereocenters. The normalized spacial score (nSPS) is 10.4. The molecule has 0 unspecified atom stereocenters. The van der Waals surface area contributed by atoms with Gasteiger partial charge in [-0.15, -0.1) is 0 Å². The number of carbonyl (C=O) groups is 3. The molecule has 0 saturated carbocycles. The van der Waals surface area contributed by atoms with Crippen molar-refractivity contribution < 1.29 is 19.1 Å². The van der Waals surface area contributed by atoms with Gasteiger partial charge < -0.3 is 15.4 Å². The number of hydrogen-bond donors (Lipinski definition) is 2. The summed E-state index contributed by atoms with van der Waals surface area (Å²) in [6.45, 7) is 3.86. The minimum Gasteiger partial charge on any atom is -0.452 e. The Morgan fingerprint density at radius 3 is 2.59 bits per heavy atom. The summed E-state index contributed by atoms with van der Waals surface area (Å²) < 4.78 is 4.94. The van der Waals surface area contributed by atoms with E-state index < -0.39 is 18.5 Å². The molecular formula is C21H22N2O4. The number of esters is 1. The summed E-state index contributed by atoms with van der Waals surface area (Å²) in [7, 11) is 0. The molecule has 2 aromatic carbocycles. The van der Waals surface area contributed by atoms with E-state index in [1.807, 2.05) is 38.1 Å². The number of nitrogens with one attached hydrogen (secondary N) is 2. The van der Waals surface area contributed by atoms with Crippen LogP contribution in [0, 0.1) is 6.92 Å². The number of rotatable bonds is 7. The second kappa shape index (κ2) is 9.91. The summed E-state index contributed by atoms with van der Waals surface area (Å²) in [5.74, 6) is -1.31. The highest BCUT2D eigenvalue weighted by Gasteiger charge is 2.08. The molecule has 0 fully saturated rings. The van der Waals surface area contributed by atoms with Gasteiger partial charge >= 0.3 is 5.97 Å². The van der Waals surface area contributed by atoms with Crippen LogP contribution in [-0.4, -0.2) is 30.9 Å². The van der Waals surface area contributed by atoms with Gasteiger partial charge in [-0.25, -0.2) is 4.79 Å². The number of ether oxygens (including phenoxy) is 1. The summed E-state index contributed by atoms with van der Waals surface area (Å²) in [6, 6.07) is 14.1. The molecule has 2 aromatic rings. The Labute approximate surface area is 158 Å². The number of aryl methyl sites for hydroxylation is 1. The number of hydrogen-bond acceptors (Lipinski definition) is 4. The average molecular weight is 366 g/mol. The standard InChI is InChI=1S/C21H22N2O4/c1-3-22-21(26)17-9-6-10-18(13-17)23-19(24)14-27-20(25)12-11-16-8-5-4-7-15(16)2/h4-13H,3,14H2,1-2H3,(H,22,26)(H,23,24)/b12-11+. The second-order valence-corrected chi connectivity index (χ2v) is 5.79. The van der Waals surface area contributed by atoms with Crippen molar-refractivity contribution in [1.82, 2.24) is 5.32 Å². The summed E-state index contributed by atoms with van der Waals surface area (Å²) in [4.78, 5) is 35.5. The molecule has 2 rings (SSSR count). The molecule has 6 heteroatoms. The lowest BCUT2D eigenvalue weighted by Gasteiger charge is -2.07. The Kier molecular flexibility index (Phi) is 7.31. The van der Waals surface area contributed by atoms with Gasteiger partial charge in [0.05, 0.1) is 0 Å². The topological polar surface area (TPSA) is 84.5 Å². The zero-order chi connectivity index (χ0) is 19.6. The van der Waals surface area contributed by atoms with Gasteiger partial charge in [-0.05, 0) is 49.2 Å². The first-order chi connectivity index (χ1) is 13.0. The predicted octanol–water partition coefficient (Wildman–Crippen LogP) is 2.94. The monoisotopic (exact) mass is 366 g/mol. The Hall–Kier alpha value is -3.41. The van der Waals surface area contributed by atoms with Crippen LogP contribution in [0.15, 0.2) is 54.6 Å². The third-order valence-electron chi connectivity index (χ3n) is 3.68. The van der Waals surface area contributed by atoms with Crippen LogP contribution in [-0.2, 0) is 14.3 Å². The highest BCUT2D eigenvalue weighted by molar-refractivity contribution is 5.98. The molecule has 0 radical (unpaired) electrons. The third kappa shape index (κ3) is 6.43. The van der Waals surface area contributed by atoms with Gasteiger partial charge in [-0.1, -0.05) is 30.3 Å². The first kappa shape index (κ1) is 19.9. The van der Waals surface area contributed by atoms with E-state index in [0.29, 0.717) is 17.8 Å². The van der Waals surface area contributed by atoms with Gasteiger partial charge in [0.15, 0.2) is 6.61 Å². The fourth-order valence-electron chi connectivity index (χ4n) is 2.31. The maximum absolute atomic E-state index is 11.9. The number of carbonyl (C=O) groups excluding carboxylic acids is 3. The minimum absolute atomic E-state index is 0.221. The molecule has 2 N–H and O–H groups in total. The quantitative estimate of drug-likeness (QED) is 0.583. The van der Waals surface area contributed by atoms with Crippen molar-refractivity contribution in [2.75, 3.05) is 18.5 Å². The van der Waals surface area contributed by atoms with E-state index in [0.717, 1.165) is 11.1 Å². The summed E-state index contributed by atoms with van der Waals surface area (Å²) in [6.07, 6.45) is 2.93. The molecular weight excluding hydrogens is 344 g/mol. The fourth-order valence-corrected chi connectivity index (χ4v) is 2.31. The lowest BCUT2D eigenvalue weighted by Crippen LogP contribution is -2.23. The van der Waals surface area contributed by atoms with Crippen LogP contribution in [0.1, 0.15) is 28.4 Å². The van der Waals surface area contributed by atoms with Crippen molar-refractivity contribution >= 4 is 29.5 Å². The van der Waals surface area contributed by atoms with Gasteiger partial charge in [0.1, 0.15) is 0 Å². The van der Waals surface area contributed by atoms with Crippen LogP contribution < -0.4 is 10.6 Å². The maximum Gasteiger partial charge on any atom is 0.331 e. The van der Waals surface area contributed by atoms with Crippen LogP contribution in [0.2, 0.25) is 0 Å². The molecule has 0 aliphatic rings. The van der Waals surface area contributed by atoms with Crippen molar-refractivity contribution in [2.24, 2.45) is 0 Å². The Morgan fingerprint density at radius 2 is 1.85 bits per heavy atom. The second-order valence-electron chi connectivity index (χ2n) is 5.79. The SMILES string of the molecule is CCNC(=O)c1cccc(NC(=O)COC(=O)/C=C/c2ccccc2C)c1. The van der Waals surface area contributed by atoms with Crippen molar-refractivity contribution in [3.63, 3.8) is 0 Å². The van der Waals surface area contributed by atoms with E-state index in [1.54, 1.807) is 30.3 Å². The largest absolute Gasteiger partial charge is 0.452 e. The zero-order valence-electron chi connectivity index (χ0n) is 15.3. The lowest BCUT2D eigenvalue weighted by atomic mass is 10.1. The van der Waals surface area contributed by atoms with Crippen LogP contribution in [0.25, 0.3) is 6.08 Å². The first-order valence-electron chi connectivity index (χ1n) is 8.58. The molecule has 0 aliphatic heterocycles.